The average Bonchev–Trinajstić information content (AvgIpc) is 3.15. The van der Waals surface area contributed by atoms with E-state index in [1.807, 2.05) is 29.7 Å². The first-order chi connectivity index (χ1) is 11.7. The predicted molar refractivity (Wildman–Crippen MR) is 88.3 cm³/mol. The van der Waals surface area contributed by atoms with Crippen molar-refractivity contribution in [2.45, 2.75) is 26.4 Å². The number of aromatic nitrogens is 5. The predicted octanol–water partition coefficient (Wildman–Crippen LogP) is 0.968. The maximum Gasteiger partial charge on any atom is 0.224 e. The van der Waals surface area contributed by atoms with Gasteiger partial charge in [-0.05, 0) is 24.6 Å². The smallest absolute Gasteiger partial charge is 0.224 e. The number of carbonyl (C=O) groups excluding carboxylic acids is 1. The Kier molecular flexibility index (Phi) is 4.85. The summed E-state index contributed by atoms with van der Waals surface area (Å²) < 4.78 is 6.90. The van der Waals surface area contributed by atoms with Gasteiger partial charge in [0.2, 0.25) is 5.91 Å². The van der Waals surface area contributed by atoms with E-state index in [1.54, 1.807) is 13.4 Å². The van der Waals surface area contributed by atoms with E-state index in [0.717, 1.165) is 22.4 Å². The van der Waals surface area contributed by atoms with Crippen LogP contribution in [0.25, 0.3) is 11.0 Å². The van der Waals surface area contributed by atoms with Gasteiger partial charge in [-0.15, -0.1) is 10.2 Å². The lowest BCUT2D eigenvalue weighted by atomic mass is 10.1. The minimum Gasteiger partial charge on any atom is -0.383 e. The molecule has 2 heterocycles. The minimum atomic E-state index is -0.0631. The number of hydrogen-bond acceptors (Lipinski definition) is 5. The van der Waals surface area contributed by atoms with E-state index in [4.69, 9.17) is 4.74 Å². The lowest BCUT2D eigenvalue weighted by molar-refractivity contribution is -0.120. The number of nitrogens with zero attached hydrogens (tertiary/aromatic N) is 4. The molecule has 0 bridgehead atoms. The van der Waals surface area contributed by atoms with Gasteiger partial charge in [0.15, 0.2) is 5.82 Å². The second-order valence-corrected chi connectivity index (χ2v) is 5.56. The van der Waals surface area contributed by atoms with Crippen molar-refractivity contribution in [1.82, 2.24) is 30.0 Å². The molecule has 1 aromatic carbocycles. The molecule has 0 fully saturated rings. The highest BCUT2D eigenvalue weighted by Crippen LogP contribution is 2.14. The number of hydrogen-bond donors (Lipinski definition) is 2. The molecular weight excluding hydrogens is 308 g/mol. The standard InChI is InChI=1S/C16H20N6O2/c1-11-19-13-4-3-12(7-14(13)20-11)8-16(23)17-9-15-21-18-10-22(15)5-6-24-2/h3-4,7,10H,5-6,8-9H2,1-2H3,(H,17,23)(H,19,20). The fraction of sp³-hybridized carbons (Fsp3) is 0.375. The van der Waals surface area contributed by atoms with Crippen molar-refractivity contribution < 1.29 is 9.53 Å². The molecule has 1 amide bonds. The number of imidazole rings is 1. The highest BCUT2D eigenvalue weighted by atomic mass is 16.5. The summed E-state index contributed by atoms with van der Waals surface area (Å²) in [6, 6.07) is 5.79. The summed E-state index contributed by atoms with van der Waals surface area (Å²) in [5.74, 6) is 1.51. The van der Waals surface area contributed by atoms with Crippen molar-refractivity contribution in [1.29, 1.82) is 0 Å². The van der Waals surface area contributed by atoms with E-state index in [2.05, 4.69) is 25.5 Å². The van der Waals surface area contributed by atoms with Crippen LogP contribution in [0, 0.1) is 6.92 Å². The summed E-state index contributed by atoms with van der Waals surface area (Å²) >= 11 is 0. The van der Waals surface area contributed by atoms with E-state index in [9.17, 15) is 4.79 Å². The quantitative estimate of drug-likeness (QED) is 0.673. The zero-order valence-electron chi connectivity index (χ0n) is 13.7. The van der Waals surface area contributed by atoms with Gasteiger partial charge in [0.05, 0.1) is 30.6 Å². The Hall–Kier alpha value is -2.74. The van der Waals surface area contributed by atoms with Crippen LogP contribution in [-0.2, 0) is 29.0 Å². The fourth-order valence-electron chi connectivity index (χ4n) is 2.51. The monoisotopic (exact) mass is 328 g/mol. The van der Waals surface area contributed by atoms with Crippen LogP contribution >= 0.6 is 0 Å². The van der Waals surface area contributed by atoms with Crippen molar-refractivity contribution in [3.8, 4) is 0 Å². The molecule has 3 aromatic rings. The van der Waals surface area contributed by atoms with Crippen molar-refractivity contribution in [2.24, 2.45) is 0 Å². The maximum absolute atomic E-state index is 12.2. The van der Waals surface area contributed by atoms with Gasteiger partial charge in [0.25, 0.3) is 0 Å². The lowest BCUT2D eigenvalue weighted by Crippen LogP contribution is -2.26. The summed E-state index contributed by atoms with van der Waals surface area (Å²) in [7, 11) is 1.64. The molecule has 24 heavy (non-hydrogen) atoms. The average molecular weight is 328 g/mol. The van der Waals surface area contributed by atoms with Gasteiger partial charge in [-0.3, -0.25) is 4.79 Å². The summed E-state index contributed by atoms with van der Waals surface area (Å²) in [4.78, 5) is 19.7. The number of H-pyrrole nitrogens is 1. The minimum absolute atomic E-state index is 0.0631. The molecule has 126 valence electrons. The lowest BCUT2D eigenvalue weighted by Gasteiger charge is -2.07. The molecule has 8 heteroatoms. The highest BCUT2D eigenvalue weighted by Gasteiger charge is 2.09. The van der Waals surface area contributed by atoms with Crippen molar-refractivity contribution in [2.75, 3.05) is 13.7 Å². The molecule has 2 aromatic heterocycles. The zero-order valence-corrected chi connectivity index (χ0v) is 13.7. The molecule has 0 atom stereocenters. The number of carbonyl (C=O) groups is 1. The van der Waals surface area contributed by atoms with Gasteiger partial charge in [0, 0.05) is 13.7 Å². The number of aromatic amines is 1. The normalized spacial score (nSPS) is 11.1. The van der Waals surface area contributed by atoms with Crippen LogP contribution < -0.4 is 5.32 Å². The summed E-state index contributed by atoms with van der Waals surface area (Å²) in [6.07, 6.45) is 1.94. The number of aryl methyl sites for hydroxylation is 1. The van der Waals surface area contributed by atoms with Crippen molar-refractivity contribution in [3.63, 3.8) is 0 Å². The molecule has 3 rings (SSSR count). The topological polar surface area (TPSA) is 97.7 Å². The first-order valence-corrected chi connectivity index (χ1v) is 7.73. The van der Waals surface area contributed by atoms with E-state index >= 15 is 0 Å². The molecule has 0 unspecified atom stereocenters. The van der Waals surface area contributed by atoms with Gasteiger partial charge in [0.1, 0.15) is 12.2 Å². The van der Waals surface area contributed by atoms with Crippen molar-refractivity contribution in [3.05, 3.63) is 41.7 Å². The molecule has 0 saturated carbocycles. The van der Waals surface area contributed by atoms with E-state index < -0.39 is 0 Å². The molecule has 0 saturated heterocycles. The number of rotatable bonds is 7. The SMILES string of the molecule is COCCn1cnnc1CNC(=O)Cc1ccc2nc(C)[nH]c2c1. The van der Waals surface area contributed by atoms with E-state index in [0.29, 0.717) is 31.9 Å². The number of fused-ring (bicyclic) bond motifs is 1. The Morgan fingerprint density at radius 3 is 3.12 bits per heavy atom. The number of methoxy groups -OCH3 is 1. The molecule has 0 aliphatic heterocycles. The highest BCUT2D eigenvalue weighted by molar-refractivity contribution is 5.81. The fourth-order valence-corrected chi connectivity index (χ4v) is 2.51. The molecule has 2 N–H and O–H groups in total. The Morgan fingerprint density at radius 1 is 1.42 bits per heavy atom. The van der Waals surface area contributed by atoms with Crippen LogP contribution in [0.5, 0.6) is 0 Å². The van der Waals surface area contributed by atoms with Crippen LogP contribution in [0.15, 0.2) is 24.5 Å². The molecule has 8 nitrogen and oxygen atoms in total. The van der Waals surface area contributed by atoms with Crippen LogP contribution in [0.2, 0.25) is 0 Å². The number of ether oxygens (including phenoxy) is 1. The van der Waals surface area contributed by atoms with Crippen LogP contribution in [0.3, 0.4) is 0 Å². The summed E-state index contributed by atoms with van der Waals surface area (Å²) in [5.41, 5.74) is 2.78. The van der Waals surface area contributed by atoms with Gasteiger partial charge in [-0.1, -0.05) is 6.07 Å². The second-order valence-electron chi connectivity index (χ2n) is 5.56. The molecular formula is C16H20N6O2. The largest absolute Gasteiger partial charge is 0.383 e. The molecule has 0 radical (unpaired) electrons. The van der Waals surface area contributed by atoms with Gasteiger partial charge in [-0.25, -0.2) is 4.98 Å². The number of benzene rings is 1. The van der Waals surface area contributed by atoms with E-state index in [-0.39, 0.29) is 5.91 Å². The molecule has 0 spiro atoms. The Morgan fingerprint density at radius 2 is 2.29 bits per heavy atom. The third-order valence-corrected chi connectivity index (χ3v) is 3.71. The van der Waals surface area contributed by atoms with Crippen LogP contribution in [0.1, 0.15) is 17.2 Å². The molecule has 0 aliphatic carbocycles. The number of nitrogens with one attached hydrogen (secondary N) is 2. The Balaban J connectivity index is 1.57. The third-order valence-electron chi connectivity index (χ3n) is 3.71. The van der Waals surface area contributed by atoms with Crippen molar-refractivity contribution >= 4 is 16.9 Å². The number of amides is 1. The first kappa shape index (κ1) is 16.1. The Labute approximate surface area is 139 Å². The Bertz CT molecular complexity index is 838. The third kappa shape index (κ3) is 3.77. The second kappa shape index (κ2) is 7.22. The summed E-state index contributed by atoms with van der Waals surface area (Å²) in [6.45, 7) is 3.48. The van der Waals surface area contributed by atoms with Gasteiger partial charge >= 0.3 is 0 Å². The van der Waals surface area contributed by atoms with E-state index in [1.165, 1.54) is 0 Å². The van der Waals surface area contributed by atoms with Crippen LogP contribution in [-0.4, -0.2) is 44.4 Å². The molecule has 0 aliphatic rings. The summed E-state index contributed by atoms with van der Waals surface area (Å²) in [5, 5.41) is 10.8. The van der Waals surface area contributed by atoms with Gasteiger partial charge in [-0.2, -0.15) is 0 Å². The first-order valence-electron chi connectivity index (χ1n) is 7.73. The maximum atomic E-state index is 12.2. The zero-order chi connectivity index (χ0) is 16.9. The van der Waals surface area contributed by atoms with Gasteiger partial charge < -0.3 is 19.6 Å². The van der Waals surface area contributed by atoms with Crippen LogP contribution in [0.4, 0.5) is 0 Å².